The first-order valence-electron chi connectivity index (χ1n) is 9.76. The third-order valence-corrected chi connectivity index (χ3v) is 4.41. The molecular weight excluding hydrogens is 350 g/mol. The molecule has 0 atom stereocenters. The van der Waals surface area contributed by atoms with Crippen LogP contribution < -0.4 is 10.4 Å². The van der Waals surface area contributed by atoms with Crippen molar-refractivity contribution < 1.29 is 4.74 Å². The molecule has 0 N–H and O–H groups in total. The lowest BCUT2D eigenvalue weighted by Gasteiger charge is -2.09. The molecule has 0 saturated carbocycles. The van der Waals surface area contributed by atoms with Gasteiger partial charge in [0.25, 0.3) is 0 Å². The first kappa shape index (κ1) is 19.9. The highest BCUT2D eigenvalue weighted by Gasteiger charge is 2.13. The van der Waals surface area contributed by atoms with Crippen LogP contribution in [-0.2, 0) is 13.1 Å². The van der Waals surface area contributed by atoms with Crippen molar-refractivity contribution in [3.8, 4) is 5.75 Å². The van der Waals surface area contributed by atoms with E-state index in [-0.39, 0.29) is 0 Å². The molecule has 0 aliphatic carbocycles. The fraction of sp³-hybridized carbons (Fsp3) is 0.409. The summed E-state index contributed by atoms with van der Waals surface area (Å²) in [4.78, 5) is 0. The summed E-state index contributed by atoms with van der Waals surface area (Å²) in [5.74, 6) is 1.79. The van der Waals surface area contributed by atoms with E-state index < -0.39 is 0 Å². The molecule has 6 nitrogen and oxygen atoms in total. The second-order valence-electron chi connectivity index (χ2n) is 7.79. The van der Waals surface area contributed by atoms with Crippen LogP contribution in [0.2, 0.25) is 0 Å². The topological polar surface area (TPSA) is 56.2 Å². The van der Waals surface area contributed by atoms with E-state index in [1.807, 2.05) is 24.3 Å². The number of rotatable bonds is 7. The number of imidazole rings is 1. The van der Waals surface area contributed by atoms with E-state index in [0.717, 1.165) is 30.1 Å². The van der Waals surface area contributed by atoms with Crippen molar-refractivity contribution in [1.29, 1.82) is 0 Å². The van der Waals surface area contributed by atoms with Crippen molar-refractivity contribution in [1.82, 2.24) is 9.13 Å². The Bertz CT molecular complexity index is 960. The Morgan fingerprint density at radius 2 is 1.36 bits per heavy atom. The van der Waals surface area contributed by atoms with Crippen molar-refractivity contribution in [2.45, 2.75) is 40.8 Å². The van der Waals surface area contributed by atoms with Gasteiger partial charge in [0.1, 0.15) is 5.75 Å². The number of fused-ring (bicyclic) bond motifs is 1. The van der Waals surface area contributed by atoms with E-state index in [1.54, 1.807) is 7.11 Å². The van der Waals surface area contributed by atoms with Crippen LogP contribution in [0.4, 0.5) is 5.69 Å². The summed E-state index contributed by atoms with van der Waals surface area (Å²) in [7, 11) is 1.65. The monoisotopic (exact) mass is 379 g/mol. The number of nitrogens with zero attached hydrogens (tertiary/aromatic N) is 5. The van der Waals surface area contributed by atoms with Gasteiger partial charge in [-0.05, 0) is 53.5 Å². The Kier molecular flexibility index (Phi) is 6.29. The molecule has 0 bridgehead atoms. The zero-order valence-electron chi connectivity index (χ0n) is 17.3. The number of benzene rings is 2. The fourth-order valence-electron chi connectivity index (χ4n) is 3.24. The summed E-state index contributed by atoms with van der Waals surface area (Å²) in [5.41, 5.74) is 3.93. The van der Waals surface area contributed by atoms with Gasteiger partial charge < -0.3 is 13.9 Å². The third-order valence-electron chi connectivity index (χ3n) is 4.41. The Balaban J connectivity index is 2.10. The van der Waals surface area contributed by atoms with Gasteiger partial charge in [0, 0.05) is 13.1 Å². The summed E-state index contributed by atoms with van der Waals surface area (Å²) in [6, 6.07) is 15.9. The number of methoxy groups -OCH3 is 1. The average molecular weight is 380 g/mol. The molecule has 0 aliphatic rings. The molecule has 6 heteroatoms. The van der Waals surface area contributed by atoms with Gasteiger partial charge in [0.15, 0.2) is 0 Å². The lowest BCUT2D eigenvalue weighted by atomic mass is 10.2. The Labute approximate surface area is 166 Å². The van der Waals surface area contributed by atoms with E-state index in [0.29, 0.717) is 11.8 Å². The summed E-state index contributed by atoms with van der Waals surface area (Å²) < 4.78 is 9.67. The number of hydrogen-bond acceptors (Lipinski definition) is 3. The third kappa shape index (κ3) is 4.50. The van der Waals surface area contributed by atoms with Crippen molar-refractivity contribution in [3.63, 3.8) is 0 Å². The second kappa shape index (κ2) is 8.87. The van der Waals surface area contributed by atoms with E-state index in [9.17, 15) is 0 Å². The lowest BCUT2D eigenvalue weighted by Crippen LogP contribution is -2.28. The van der Waals surface area contributed by atoms with E-state index in [2.05, 4.69) is 76.5 Å². The number of aromatic nitrogens is 2. The predicted octanol–water partition coefficient (Wildman–Crippen LogP) is 5.36. The molecule has 0 amide bonds. The SMILES string of the molecule is COc1ccc(N=NN=c2n(CC(C)C)c3ccccc3n2CC(C)C)cc1. The Morgan fingerprint density at radius 3 is 1.82 bits per heavy atom. The molecule has 3 rings (SSSR count). The number of hydrogen-bond donors (Lipinski definition) is 0. The number of ether oxygens (including phenoxy) is 1. The zero-order chi connectivity index (χ0) is 20.1. The first-order valence-corrected chi connectivity index (χ1v) is 9.76. The molecule has 3 aromatic rings. The lowest BCUT2D eigenvalue weighted by molar-refractivity contribution is 0.415. The largest absolute Gasteiger partial charge is 0.497 e. The molecule has 28 heavy (non-hydrogen) atoms. The zero-order valence-corrected chi connectivity index (χ0v) is 17.3. The maximum absolute atomic E-state index is 5.18. The van der Waals surface area contributed by atoms with Gasteiger partial charge >= 0.3 is 0 Å². The van der Waals surface area contributed by atoms with E-state index in [1.165, 1.54) is 11.0 Å². The van der Waals surface area contributed by atoms with Gasteiger partial charge in [-0.15, -0.1) is 5.11 Å². The van der Waals surface area contributed by atoms with Crippen LogP contribution >= 0.6 is 0 Å². The van der Waals surface area contributed by atoms with Crippen LogP contribution in [-0.4, -0.2) is 16.2 Å². The molecule has 1 heterocycles. The molecule has 0 unspecified atom stereocenters. The molecule has 0 radical (unpaired) electrons. The van der Waals surface area contributed by atoms with Crippen molar-refractivity contribution in [3.05, 3.63) is 54.1 Å². The van der Waals surface area contributed by atoms with Crippen molar-refractivity contribution >= 4 is 16.7 Å². The van der Waals surface area contributed by atoms with Gasteiger partial charge in [-0.25, -0.2) is 0 Å². The molecule has 148 valence electrons. The molecular formula is C22H29N5O. The first-order chi connectivity index (χ1) is 13.5. The maximum atomic E-state index is 5.18. The highest BCUT2D eigenvalue weighted by atomic mass is 16.5. The van der Waals surface area contributed by atoms with Crippen LogP contribution in [0, 0.1) is 11.8 Å². The minimum absolute atomic E-state index is 0.496. The van der Waals surface area contributed by atoms with Crippen molar-refractivity contribution in [2.24, 2.45) is 27.3 Å². The fourth-order valence-corrected chi connectivity index (χ4v) is 3.24. The Morgan fingerprint density at radius 1 is 0.821 bits per heavy atom. The predicted molar refractivity (Wildman–Crippen MR) is 113 cm³/mol. The van der Waals surface area contributed by atoms with Crippen LogP contribution in [0.15, 0.2) is 64.0 Å². The molecule has 0 saturated heterocycles. The van der Waals surface area contributed by atoms with E-state index in [4.69, 9.17) is 4.74 Å². The molecule has 2 aromatic carbocycles. The summed E-state index contributed by atoms with van der Waals surface area (Å²) in [6.07, 6.45) is 0. The number of para-hydroxylation sites is 2. The molecule has 0 spiro atoms. The standard InChI is InChI=1S/C22H29N5O/c1-16(2)14-26-20-8-6-7-9-21(20)27(15-17(3)4)22(26)24-25-23-18-10-12-19(28-5)13-11-18/h6-13,16-17H,14-15H2,1-5H3. The average Bonchev–Trinajstić information content (AvgIpc) is 2.95. The smallest absolute Gasteiger partial charge is 0.232 e. The van der Waals surface area contributed by atoms with Crippen LogP contribution in [0.3, 0.4) is 0 Å². The highest BCUT2D eigenvalue weighted by molar-refractivity contribution is 5.75. The van der Waals surface area contributed by atoms with Crippen LogP contribution in [0.25, 0.3) is 11.0 Å². The van der Waals surface area contributed by atoms with E-state index >= 15 is 0 Å². The quantitative estimate of drug-likeness (QED) is 0.402. The van der Waals surface area contributed by atoms with Gasteiger partial charge in [0.05, 0.1) is 23.8 Å². The maximum Gasteiger partial charge on any atom is 0.232 e. The summed E-state index contributed by atoms with van der Waals surface area (Å²) in [5, 5.41) is 13.0. The van der Waals surface area contributed by atoms with Crippen LogP contribution in [0.5, 0.6) is 5.75 Å². The van der Waals surface area contributed by atoms with Gasteiger partial charge in [-0.3, -0.25) is 0 Å². The van der Waals surface area contributed by atoms with Crippen molar-refractivity contribution in [2.75, 3.05) is 7.11 Å². The molecule has 1 aromatic heterocycles. The Hall–Kier alpha value is -2.89. The summed E-state index contributed by atoms with van der Waals surface area (Å²) >= 11 is 0. The molecule has 0 fully saturated rings. The minimum Gasteiger partial charge on any atom is -0.497 e. The van der Waals surface area contributed by atoms with Gasteiger partial charge in [-0.1, -0.05) is 44.9 Å². The van der Waals surface area contributed by atoms with Gasteiger partial charge in [-0.2, -0.15) is 0 Å². The second-order valence-corrected chi connectivity index (χ2v) is 7.79. The molecule has 0 aliphatic heterocycles. The van der Waals surface area contributed by atoms with Gasteiger partial charge in [0.2, 0.25) is 5.62 Å². The highest BCUT2D eigenvalue weighted by Crippen LogP contribution is 2.18. The van der Waals surface area contributed by atoms with Crippen LogP contribution in [0.1, 0.15) is 27.7 Å². The summed E-state index contributed by atoms with van der Waals surface area (Å²) in [6.45, 7) is 10.6. The normalized spacial score (nSPS) is 11.8. The minimum atomic E-state index is 0.496.